The maximum Gasteiger partial charge on any atom is 0.373 e. The topological polar surface area (TPSA) is 211 Å². The van der Waals surface area contributed by atoms with Crippen LogP contribution < -0.4 is 10.6 Å². The van der Waals surface area contributed by atoms with Gasteiger partial charge in [-0.15, -0.1) is 0 Å². The molecule has 1 atom stereocenters. The van der Waals surface area contributed by atoms with Crippen LogP contribution in [0.4, 0.5) is 17.5 Å². The van der Waals surface area contributed by atoms with Gasteiger partial charge >= 0.3 is 7.60 Å². The monoisotopic (exact) mass is 596 g/mol. The fourth-order valence-corrected chi connectivity index (χ4v) is 5.32. The van der Waals surface area contributed by atoms with Crippen molar-refractivity contribution in [3.8, 4) is 5.75 Å². The second-order valence-electron chi connectivity index (χ2n) is 9.15. The zero-order valence-electron chi connectivity index (χ0n) is 21.4. The number of aliphatic hydroxyl groups is 1. The van der Waals surface area contributed by atoms with Crippen LogP contribution in [0.2, 0.25) is 0 Å². The summed E-state index contributed by atoms with van der Waals surface area (Å²) in [4.78, 5) is 39.8. The Kier molecular flexibility index (Phi) is 8.11. The number of benzene rings is 2. The number of H-pyrrole nitrogens is 1. The van der Waals surface area contributed by atoms with Crippen molar-refractivity contribution in [3.63, 3.8) is 0 Å². The molecule has 0 spiro atoms. The van der Waals surface area contributed by atoms with Crippen LogP contribution in [0.1, 0.15) is 16.8 Å². The Balaban J connectivity index is 1.43. The quantitative estimate of drug-likeness (QED) is 0.103. The van der Waals surface area contributed by atoms with Gasteiger partial charge in [-0.2, -0.15) is 9.97 Å². The minimum atomic E-state index is -5.14. The summed E-state index contributed by atoms with van der Waals surface area (Å²) in [6.07, 6.45) is 6.27. The molecule has 2 aromatic carbocycles. The second-order valence-corrected chi connectivity index (χ2v) is 12.1. The molecule has 0 saturated carbocycles. The summed E-state index contributed by atoms with van der Waals surface area (Å²) >= 11 is 0. The summed E-state index contributed by atoms with van der Waals surface area (Å²) in [5.41, 5.74) is 3.20. The molecule has 3 heterocycles. The molecule has 0 aliphatic carbocycles. The molecule has 0 aliphatic rings. The highest BCUT2D eigenvalue weighted by Gasteiger charge is 2.48. The lowest BCUT2D eigenvalue weighted by atomic mass is 10.1. The highest BCUT2D eigenvalue weighted by molar-refractivity contribution is 7.62. The number of nitrogens with one attached hydrogen (secondary N) is 3. The lowest BCUT2D eigenvalue weighted by Gasteiger charge is -2.22. The van der Waals surface area contributed by atoms with Crippen LogP contribution in [0.5, 0.6) is 5.75 Å². The highest BCUT2D eigenvalue weighted by Crippen LogP contribution is 2.61. The van der Waals surface area contributed by atoms with Crippen molar-refractivity contribution in [2.45, 2.75) is 24.5 Å². The number of phenolic OH excluding ortho intramolecular Hbond substituents is 1. The van der Waals surface area contributed by atoms with Crippen LogP contribution in [0.3, 0.4) is 0 Å². The molecule has 3 aromatic heterocycles. The molecule has 14 nitrogen and oxygen atoms in total. The zero-order chi connectivity index (χ0) is 29.0. The van der Waals surface area contributed by atoms with Gasteiger partial charge in [0, 0.05) is 42.7 Å². The first kappa shape index (κ1) is 28.3. The lowest BCUT2D eigenvalue weighted by molar-refractivity contribution is 0.168. The number of rotatable bonds is 12. The molecule has 1 unspecified atom stereocenters. The van der Waals surface area contributed by atoms with Crippen molar-refractivity contribution < 1.29 is 29.1 Å². The zero-order valence-corrected chi connectivity index (χ0v) is 23.2. The predicted octanol–water partition coefficient (Wildman–Crippen LogP) is 3.47. The summed E-state index contributed by atoms with van der Waals surface area (Å²) in [6.45, 7) is 1.06. The number of nitrogens with zero attached hydrogens (tertiary/aromatic N) is 5. The summed E-state index contributed by atoms with van der Waals surface area (Å²) in [5, 5.41) is 23.6. The van der Waals surface area contributed by atoms with Gasteiger partial charge in [0.05, 0.1) is 12.7 Å². The average molecular weight is 596 g/mol. The molecule has 0 radical (unpaired) electrons. The first-order chi connectivity index (χ1) is 19.7. The molecule has 0 aliphatic heterocycles. The maximum atomic E-state index is 11.7. The van der Waals surface area contributed by atoms with E-state index < -0.39 is 21.1 Å². The van der Waals surface area contributed by atoms with E-state index in [2.05, 4.69) is 35.6 Å². The molecule has 41 heavy (non-hydrogen) atoms. The Labute approximate surface area is 234 Å². The Morgan fingerprint density at radius 1 is 1.10 bits per heavy atom. The molecule has 0 bridgehead atoms. The van der Waals surface area contributed by atoms with Gasteiger partial charge in [-0.3, -0.25) is 9.13 Å². The summed E-state index contributed by atoms with van der Waals surface area (Å²) in [7, 11) is -6.27. The van der Waals surface area contributed by atoms with E-state index in [-0.39, 0.29) is 11.3 Å². The fraction of sp³-hybridized carbons (Fsp3) is 0.200. The van der Waals surface area contributed by atoms with E-state index in [9.17, 15) is 29.1 Å². The second kappa shape index (κ2) is 11.7. The van der Waals surface area contributed by atoms with Crippen molar-refractivity contribution in [1.82, 2.24) is 29.5 Å². The van der Waals surface area contributed by atoms with Crippen molar-refractivity contribution in [3.05, 3.63) is 84.2 Å². The van der Waals surface area contributed by atoms with Gasteiger partial charge in [-0.1, -0.05) is 24.3 Å². The van der Waals surface area contributed by atoms with Crippen LogP contribution in [0.15, 0.2) is 67.4 Å². The van der Waals surface area contributed by atoms with Gasteiger partial charge < -0.3 is 40.2 Å². The summed E-state index contributed by atoms with van der Waals surface area (Å²) < 4.78 is 25.1. The van der Waals surface area contributed by atoms with Crippen molar-refractivity contribution in [2.24, 2.45) is 0 Å². The minimum absolute atomic E-state index is 0.190. The molecular formula is C25H26N8O6P2. The van der Waals surface area contributed by atoms with E-state index in [1.807, 2.05) is 10.6 Å². The number of aromatic hydroxyl groups is 1. The first-order valence-electron chi connectivity index (χ1n) is 12.4. The van der Waals surface area contributed by atoms with Gasteiger partial charge in [0.2, 0.25) is 14.4 Å². The molecule has 5 aromatic rings. The van der Waals surface area contributed by atoms with Crippen LogP contribution in [-0.2, 0) is 33.6 Å². The van der Waals surface area contributed by atoms with E-state index in [4.69, 9.17) is 0 Å². The van der Waals surface area contributed by atoms with Gasteiger partial charge in [0.15, 0.2) is 17.0 Å². The number of phenols is 1. The molecule has 0 amide bonds. The number of aryl methyl sites for hydroxylation is 2. The fourth-order valence-electron chi connectivity index (χ4n) is 4.15. The number of aromatic nitrogens is 6. The van der Waals surface area contributed by atoms with E-state index in [1.165, 1.54) is 24.3 Å². The smallest absolute Gasteiger partial charge is 0.373 e. The maximum absolute atomic E-state index is 11.7. The van der Waals surface area contributed by atoms with E-state index in [1.54, 1.807) is 37.1 Å². The first-order valence-corrected chi connectivity index (χ1v) is 14.8. The lowest BCUT2D eigenvalue weighted by Crippen LogP contribution is -2.18. The molecule has 7 N–H and O–H groups in total. The molecule has 212 valence electrons. The Morgan fingerprint density at radius 3 is 2.59 bits per heavy atom. The largest absolute Gasteiger partial charge is 0.508 e. The van der Waals surface area contributed by atoms with Gasteiger partial charge in [-0.05, 0) is 36.2 Å². The number of anilines is 3. The number of imidazole rings is 2. The molecular weight excluding hydrogens is 570 g/mol. The van der Waals surface area contributed by atoms with Gasteiger partial charge in [-0.25, -0.2) is 9.97 Å². The number of hydrogen-bond donors (Lipinski definition) is 7. The highest BCUT2D eigenvalue weighted by atomic mass is 31.2. The van der Waals surface area contributed by atoms with Gasteiger partial charge in [0.1, 0.15) is 5.75 Å². The Morgan fingerprint density at radius 2 is 1.90 bits per heavy atom. The molecule has 0 fully saturated rings. The third kappa shape index (κ3) is 6.27. The molecule has 16 heteroatoms. The molecule has 5 rings (SSSR count). The van der Waals surface area contributed by atoms with E-state index in [0.29, 0.717) is 54.5 Å². The van der Waals surface area contributed by atoms with Crippen molar-refractivity contribution in [2.75, 3.05) is 17.2 Å². The third-order valence-electron chi connectivity index (χ3n) is 6.32. The van der Waals surface area contributed by atoms with E-state index in [0.717, 1.165) is 11.3 Å². The SMILES string of the molecule is O=PC(O)(c1ccc(Nc2nc(NCCc3cnc[nH]3)nc3c2ncn3CCc2cccc(O)c2)cc1)P(=O)(O)O. The summed E-state index contributed by atoms with van der Waals surface area (Å²) in [6, 6.07) is 12.5. The number of hydrogen-bond acceptors (Lipinski definition) is 10. The minimum Gasteiger partial charge on any atom is -0.508 e. The third-order valence-corrected chi connectivity index (χ3v) is 8.93. The van der Waals surface area contributed by atoms with Crippen LogP contribution >= 0.6 is 16.1 Å². The molecule has 0 saturated heterocycles. The standard InChI is InChI=1S/C25H26N8O6P2/c34-20-3-1-2-16(12-20)9-11-33-15-29-21-22(31-24(32-23(21)33)27-10-8-19-13-26-14-28-19)30-18-6-4-17(5-7-18)25(35,40-36)41(37,38)39/h1-7,12-15,34-35H,8-11H2,(H,26,28)(H2,37,38,39)(H2,27,30,31,32). The van der Waals surface area contributed by atoms with Crippen LogP contribution in [0, 0.1) is 0 Å². The van der Waals surface area contributed by atoms with Gasteiger partial charge in [0.25, 0.3) is 5.08 Å². The van der Waals surface area contributed by atoms with Crippen molar-refractivity contribution >= 4 is 44.7 Å². The Bertz CT molecular complexity index is 1710. The predicted molar refractivity (Wildman–Crippen MR) is 151 cm³/mol. The average Bonchev–Trinajstić information content (AvgIpc) is 3.62. The van der Waals surface area contributed by atoms with E-state index >= 15 is 0 Å². The van der Waals surface area contributed by atoms with Crippen LogP contribution in [-0.4, -0.2) is 56.0 Å². The number of aromatic amines is 1. The normalized spacial score (nSPS) is 13.3. The van der Waals surface area contributed by atoms with Crippen LogP contribution in [0.25, 0.3) is 11.2 Å². The Hall–Kier alpha value is -4.19. The number of fused-ring (bicyclic) bond motifs is 1. The summed E-state index contributed by atoms with van der Waals surface area (Å²) in [5.74, 6) is 0.905. The van der Waals surface area contributed by atoms with Crippen molar-refractivity contribution in [1.29, 1.82) is 0 Å².